The number of rotatable bonds is 1. The van der Waals surface area contributed by atoms with Crippen molar-refractivity contribution >= 4 is 5.97 Å². The van der Waals surface area contributed by atoms with Crippen LogP contribution in [0.15, 0.2) is 21.9 Å². The molecule has 1 rings (SSSR count). The highest BCUT2D eigenvalue weighted by atomic mass is 16.5. The summed E-state index contributed by atoms with van der Waals surface area (Å²) in [6, 6.07) is 1.24. The van der Waals surface area contributed by atoms with Crippen molar-refractivity contribution in [1.82, 2.24) is 9.97 Å². The summed E-state index contributed by atoms with van der Waals surface area (Å²) in [7, 11) is 0. The van der Waals surface area contributed by atoms with Crippen molar-refractivity contribution in [3.63, 3.8) is 0 Å². The van der Waals surface area contributed by atoms with Crippen LogP contribution in [0.5, 0.6) is 0 Å². The maximum Gasteiger partial charge on any atom is 0.325 e. The predicted octanol–water partition coefficient (Wildman–Crippen LogP) is -0.367. The summed E-state index contributed by atoms with van der Waals surface area (Å²) in [5.74, 6) is -0.211. The number of H-pyrrole nitrogens is 2. The third-order valence-electron chi connectivity index (χ3n) is 1.03. The standard InChI is InChI=1S/C4H4N2O2.C4H8O2/c7-3-1-2-5-4(8)6-3;1-3-6-4(2)5/h1-2H,(H2,5,6,7,8);3H2,1-2H3. The topological polar surface area (TPSA) is 92.0 Å². The third kappa shape index (κ3) is 6.84. The fourth-order valence-electron chi connectivity index (χ4n) is 0.586. The van der Waals surface area contributed by atoms with Gasteiger partial charge < -0.3 is 9.72 Å². The van der Waals surface area contributed by atoms with Gasteiger partial charge in [-0.25, -0.2) is 4.79 Å². The minimum absolute atomic E-state index is 0.211. The van der Waals surface area contributed by atoms with Crippen LogP contribution in [0.25, 0.3) is 0 Å². The molecule has 0 radical (unpaired) electrons. The number of carbonyl (C=O) groups is 1. The van der Waals surface area contributed by atoms with E-state index in [1.165, 1.54) is 19.2 Å². The average Bonchev–Trinajstić information content (AvgIpc) is 2.03. The molecular formula is C8H12N2O4. The van der Waals surface area contributed by atoms with Crippen LogP contribution < -0.4 is 11.2 Å². The van der Waals surface area contributed by atoms with Gasteiger partial charge in [0.05, 0.1) is 6.61 Å². The zero-order chi connectivity index (χ0) is 11.0. The molecule has 0 amide bonds. The number of aromatic amines is 2. The molecule has 6 heteroatoms. The van der Waals surface area contributed by atoms with E-state index in [4.69, 9.17) is 0 Å². The van der Waals surface area contributed by atoms with Crippen molar-refractivity contribution in [3.05, 3.63) is 33.1 Å². The molecule has 14 heavy (non-hydrogen) atoms. The summed E-state index contributed by atoms with van der Waals surface area (Å²) in [4.78, 5) is 34.5. The van der Waals surface area contributed by atoms with Crippen molar-refractivity contribution in [2.75, 3.05) is 6.61 Å². The highest BCUT2D eigenvalue weighted by Crippen LogP contribution is 1.69. The van der Waals surface area contributed by atoms with Crippen LogP contribution in [0, 0.1) is 0 Å². The molecule has 0 saturated carbocycles. The quantitative estimate of drug-likeness (QED) is 0.605. The van der Waals surface area contributed by atoms with Crippen LogP contribution in [-0.2, 0) is 9.53 Å². The first-order chi connectivity index (χ1) is 6.56. The van der Waals surface area contributed by atoms with E-state index in [1.54, 1.807) is 6.92 Å². The first-order valence-corrected chi connectivity index (χ1v) is 3.97. The minimum Gasteiger partial charge on any atom is -0.466 e. The van der Waals surface area contributed by atoms with E-state index in [-0.39, 0.29) is 11.5 Å². The van der Waals surface area contributed by atoms with Gasteiger partial charge in [-0.15, -0.1) is 0 Å². The van der Waals surface area contributed by atoms with Crippen molar-refractivity contribution in [3.8, 4) is 0 Å². The van der Waals surface area contributed by atoms with Crippen LogP contribution in [0.2, 0.25) is 0 Å². The Balaban J connectivity index is 0.000000255. The molecule has 0 atom stereocenters. The smallest absolute Gasteiger partial charge is 0.325 e. The number of aromatic nitrogens is 2. The second kappa shape index (κ2) is 6.64. The molecule has 1 aromatic rings. The monoisotopic (exact) mass is 200 g/mol. The van der Waals surface area contributed by atoms with Crippen LogP contribution in [0.4, 0.5) is 0 Å². The Hall–Kier alpha value is -1.85. The fourth-order valence-corrected chi connectivity index (χ4v) is 0.586. The Morgan fingerprint density at radius 3 is 2.36 bits per heavy atom. The molecule has 0 aliphatic heterocycles. The van der Waals surface area contributed by atoms with Gasteiger partial charge in [0, 0.05) is 19.2 Å². The second-order valence-electron chi connectivity index (χ2n) is 2.22. The van der Waals surface area contributed by atoms with Gasteiger partial charge >= 0.3 is 11.7 Å². The van der Waals surface area contributed by atoms with E-state index in [0.717, 1.165) is 0 Å². The molecule has 2 N–H and O–H groups in total. The highest BCUT2D eigenvalue weighted by Gasteiger charge is 1.81. The first kappa shape index (κ1) is 12.2. The molecule has 0 bridgehead atoms. The summed E-state index contributed by atoms with van der Waals surface area (Å²) < 4.78 is 4.40. The Morgan fingerprint density at radius 1 is 1.50 bits per heavy atom. The molecule has 0 saturated heterocycles. The number of hydrogen-bond acceptors (Lipinski definition) is 4. The van der Waals surface area contributed by atoms with E-state index in [1.807, 2.05) is 4.98 Å². The molecular weight excluding hydrogens is 188 g/mol. The Labute approximate surface area is 79.9 Å². The van der Waals surface area contributed by atoms with E-state index < -0.39 is 5.69 Å². The van der Waals surface area contributed by atoms with Crippen molar-refractivity contribution in [1.29, 1.82) is 0 Å². The number of carbonyl (C=O) groups excluding carboxylic acids is 1. The lowest BCUT2D eigenvalue weighted by Crippen LogP contribution is -2.19. The van der Waals surface area contributed by atoms with Crippen molar-refractivity contribution in [2.24, 2.45) is 0 Å². The van der Waals surface area contributed by atoms with E-state index in [0.29, 0.717) is 6.61 Å². The van der Waals surface area contributed by atoms with Crippen LogP contribution in [-0.4, -0.2) is 22.5 Å². The van der Waals surface area contributed by atoms with Gasteiger partial charge in [0.15, 0.2) is 0 Å². The average molecular weight is 200 g/mol. The summed E-state index contributed by atoms with van der Waals surface area (Å²) >= 11 is 0. The maximum absolute atomic E-state index is 10.2. The number of ether oxygens (including phenoxy) is 1. The van der Waals surface area contributed by atoms with Gasteiger partial charge in [0.1, 0.15) is 0 Å². The molecule has 0 spiro atoms. The van der Waals surface area contributed by atoms with Crippen molar-refractivity contribution in [2.45, 2.75) is 13.8 Å². The molecule has 1 heterocycles. The molecule has 0 aromatic carbocycles. The zero-order valence-electron chi connectivity index (χ0n) is 7.99. The largest absolute Gasteiger partial charge is 0.466 e. The Kier molecular flexibility index (Phi) is 5.77. The summed E-state index contributed by atoms with van der Waals surface area (Å²) in [5, 5.41) is 0. The molecule has 6 nitrogen and oxygen atoms in total. The molecule has 0 aliphatic rings. The summed E-state index contributed by atoms with van der Waals surface area (Å²) in [5.41, 5.74) is -0.855. The second-order valence-corrected chi connectivity index (χ2v) is 2.22. The zero-order valence-corrected chi connectivity index (χ0v) is 7.99. The van der Waals surface area contributed by atoms with Crippen LogP contribution in [0.3, 0.4) is 0 Å². The highest BCUT2D eigenvalue weighted by molar-refractivity contribution is 5.65. The lowest BCUT2D eigenvalue weighted by molar-refractivity contribution is -0.140. The van der Waals surface area contributed by atoms with Crippen LogP contribution in [0.1, 0.15) is 13.8 Å². The molecule has 0 unspecified atom stereocenters. The molecule has 0 fully saturated rings. The lowest BCUT2D eigenvalue weighted by atomic mass is 10.7. The third-order valence-corrected chi connectivity index (χ3v) is 1.03. The van der Waals surface area contributed by atoms with Gasteiger partial charge in [-0.05, 0) is 6.92 Å². The molecule has 1 aromatic heterocycles. The van der Waals surface area contributed by atoms with Crippen molar-refractivity contribution < 1.29 is 9.53 Å². The maximum atomic E-state index is 10.2. The van der Waals surface area contributed by atoms with Crippen LogP contribution >= 0.6 is 0 Å². The van der Waals surface area contributed by atoms with E-state index >= 15 is 0 Å². The van der Waals surface area contributed by atoms with Gasteiger partial charge in [0.25, 0.3) is 5.56 Å². The SMILES string of the molecule is CCOC(C)=O.O=c1cc[nH]c(=O)[nH]1. The Morgan fingerprint density at radius 2 is 2.14 bits per heavy atom. The number of hydrogen-bond donors (Lipinski definition) is 2. The van der Waals surface area contributed by atoms with Gasteiger partial charge in [-0.2, -0.15) is 0 Å². The normalized spacial score (nSPS) is 8.43. The number of nitrogens with one attached hydrogen (secondary N) is 2. The van der Waals surface area contributed by atoms with Gasteiger partial charge in [0.2, 0.25) is 0 Å². The minimum atomic E-state index is -0.475. The summed E-state index contributed by atoms with van der Waals surface area (Å²) in [6.07, 6.45) is 1.29. The molecule has 78 valence electrons. The first-order valence-electron chi connectivity index (χ1n) is 3.97. The Bertz CT molecular complexity index is 354. The van der Waals surface area contributed by atoms with E-state index in [9.17, 15) is 14.4 Å². The summed E-state index contributed by atoms with van der Waals surface area (Å²) in [6.45, 7) is 3.65. The van der Waals surface area contributed by atoms with E-state index in [2.05, 4.69) is 9.72 Å². The van der Waals surface area contributed by atoms with Gasteiger partial charge in [-0.3, -0.25) is 14.6 Å². The lowest BCUT2D eigenvalue weighted by Gasteiger charge is -1.89. The molecule has 0 aliphatic carbocycles. The van der Waals surface area contributed by atoms with Gasteiger partial charge in [-0.1, -0.05) is 0 Å². The number of esters is 1. The predicted molar refractivity (Wildman–Crippen MR) is 50.0 cm³/mol. The fraction of sp³-hybridized carbons (Fsp3) is 0.375.